The molecule has 1 amide bonds. The smallest absolute Gasteiger partial charge is 0.282 e. The second-order valence-electron chi connectivity index (χ2n) is 5.79. The van der Waals surface area contributed by atoms with Gasteiger partial charge in [0.1, 0.15) is 10.6 Å². The van der Waals surface area contributed by atoms with Crippen molar-refractivity contribution in [1.29, 1.82) is 0 Å². The van der Waals surface area contributed by atoms with Gasteiger partial charge in [-0.1, -0.05) is 42.0 Å². The molecule has 7 heteroatoms. The zero-order valence-electron chi connectivity index (χ0n) is 14.1. The molecule has 0 atom stereocenters. The van der Waals surface area contributed by atoms with Crippen LogP contribution in [0, 0.1) is 17.0 Å². The molecule has 26 heavy (non-hydrogen) atoms. The maximum absolute atomic E-state index is 12.2. The van der Waals surface area contributed by atoms with Gasteiger partial charge in [0, 0.05) is 30.0 Å². The van der Waals surface area contributed by atoms with E-state index in [0.717, 1.165) is 16.3 Å². The molecule has 132 valence electrons. The van der Waals surface area contributed by atoms with Gasteiger partial charge in [-0.25, -0.2) is 4.98 Å². The fourth-order valence-electron chi connectivity index (χ4n) is 2.47. The minimum Gasteiger partial charge on any atom is -0.351 e. The van der Waals surface area contributed by atoms with E-state index < -0.39 is 10.8 Å². The van der Waals surface area contributed by atoms with Crippen LogP contribution in [-0.4, -0.2) is 22.4 Å². The van der Waals surface area contributed by atoms with Gasteiger partial charge in [-0.05, 0) is 13.0 Å². The highest BCUT2D eigenvalue weighted by Crippen LogP contribution is 2.24. The van der Waals surface area contributed by atoms with Gasteiger partial charge in [0.25, 0.3) is 11.6 Å². The van der Waals surface area contributed by atoms with Crippen molar-refractivity contribution in [2.24, 2.45) is 0 Å². The highest BCUT2D eigenvalue weighted by Gasteiger charge is 2.18. The van der Waals surface area contributed by atoms with Crippen molar-refractivity contribution < 1.29 is 9.72 Å². The van der Waals surface area contributed by atoms with Crippen molar-refractivity contribution in [3.63, 3.8) is 0 Å². The van der Waals surface area contributed by atoms with Crippen LogP contribution in [0.25, 0.3) is 10.6 Å². The van der Waals surface area contributed by atoms with Crippen molar-refractivity contribution >= 4 is 22.9 Å². The molecular formula is C19H17N3O3S. The van der Waals surface area contributed by atoms with E-state index in [1.54, 1.807) is 17.4 Å². The largest absolute Gasteiger partial charge is 0.351 e. The number of para-hydroxylation sites is 1. The normalized spacial score (nSPS) is 10.5. The molecule has 0 aliphatic carbocycles. The van der Waals surface area contributed by atoms with Gasteiger partial charge in [0.2, 0.25) is 0 Å². The number of rotatable bonds is 6. The Morgan fingerprint density at radius 1 is 1.19 bits per heavy atom. The zero-order chi connectivity index (χ0) is 18.5. The SMILES string of the molecule is Cc1ccc(-c2nc(CCNC(=O)c3ccccc3[N+](=O)[O-])cs2)cc1. The monoisotopic (exact) mass is 367 g/mol. The molecule has 3 aromatic rings. The molecule has 0 bridgehead atoms. The lowest BCUT2D eigenvalue weighted by molar-refractivity contribution is -0.385. The summed E-state index contributed by atoms with van der Waals surface area (Å²) in [6, 6.07) is 14.1. The van der Waals surface area contributed by atoms with Crippen LogP contribution in [-0.2, 0) is 6.42 Å². The Morgan fingerprint density at radius 2 is 1.92 bits per heavy atom. The first-order chi connectivity index (χ1) is 12.5. The Kier molecular flexibility index (Phi) is 5.38. The Morgan fingerprint density at radius 3 is 2.65 bits per heavy atom. The molecule has 0 fully saturated rings. The standard InChI is InChI=1S/C19H17N3O3S/c1-13-6-8-14(9-7-13)19-21-15(12-26-19)10-11-20-18(23)16-4-2-3-5-17(16)22(24)25/h2-9,12H,10-11H2,1H3,(H,20,23). The molecule has 0 spiro atoms. The fraction of sp³-hybridized carbons (Fsp3) is 0.158. The molecule has 1 N–H and O–H groups in total. The van der Waals surface area contributed by atoms with E-state index in [1.165, 1.54) is 23.8 Å². The summed E-state index contributed by atoms with van der Waals surface area (Å²) in [5.41, 5.74) is 3.02. The van der Waals surface area contributed by atoms with Crippen LogP contribution < -0.4 is 5.32 Å². The van der Waals surface area contributed by atoms with Gasteiger partial charge < -0.3 is 5.32 Å². The number of nitrogens with zero attached hydrogens (tertiary/aromatic N) is 2. The van der Waals surface area contributed by atoms with Crippen LogP contribution in [0.3, 0.4) is 0 Å². The first-order valence-electron chi connectivity index (χ1n) is 8.07. The summed E-state index contributed by atoms with van der Waals surface area (Å²) < 4.78 is 0. The van der Waals surface area contributed by atoms with E-state index in [9.17, 15) is 14.9 Å². The Balaban J connectivity index is 1.60. The summed E-state index contributed by atoms with van der Waals surface area (Å²) >= 11 is 1.56. The van der Waals surface area contributed by atoms with E-state index in [2.05, 4.69) is 10.3 Å². The topological polar surface area (TPSA) is 85.1 Å². The summed E-state index contributed by atoms with van der Waals surface area (Å²) in [4.78, 5) is 27.2. The number of nitrogens with one attached hydrogen (secondary N) is 1. The molecule has 1 heterocycles. The number of aryl methyl sites for hydroxylation is 1. The molecule has 0 saturated carbocycles. The first-order valence-corrected chi connectivity index (χ1v) is 8.95. The van der Waals surface area contributed by atoms with E-state index in [0.29, 0.717) is 13.0 Å². The summed E-state index contributed by atoms with van der Waals surface area (Å²) in [5.74, 6) is -0.453. The molecule has 0 aliphatic heterocycles. The molecular weight excluding hydrogens is 350 g/mol. The van der Waals surface area contributed by atoms with Crippen LogP contribution in [0.1, 0.15) is 21.6 Å². The third-order valence-electron chi connectivity index (χ3n) is 3.86. The van der Waals surface area contributed by atoms with Gasteiger partial charge in [0.05, 0.1) is 10.6 Å². The number of hydrogen-bond acceptors (Lipinski definition) is 5. The molecule has 3 rings (SSSR count). The minimum absolute atomic E-state index is 0.0659. The second kappa shape index (κ2) is 7.88. The molecule has 6 nitrogen and oxygen atoms in total. The molecule has 0 saturated heterocycles. The number of amides is 1. The summed E-state index contributed by atoms with van der Waals surface area (Å²) in [6.45, 7) is 2.40. The number of nitro groups is 1. The maximum Gasteiger partial charge on any atom is 0.282 e. The molecule has 0 unspecified atom stereocenters. The summed E-state index contributed by atoms with van der Waals surface area (Å²) in [6.07, 6.45) is 0.564. The Labute approximate surface area is 154 Å². The van der Waals surface area contributed by atoms with E-state index in [-0.39, 0.29) is 11.3 Å². The third-order valence-corrected chi connectivity index (χ3v) is 4.80. The lowest BCUT2D eigenvalue weighted by Crippen LogP contribution is -2.26. The van der Waals surface area contributed by atoms with Crippen molar-refractivity contribution in [2.75, 3.05) is 6.54 Å². The summed E-state index contributed by atoms with van der Waals surface area (Å²) in [7, 11) is 0. The van der Waals surface area contributed by atoms with Crippen molar-refractivity contribution in [3.05, 3.63) is 80.8 Å². The molecule has 0 aliphatic rings. The number of benzene rings is 2. The van der Waals surface area contributed by atoms with Gasteiger partial charge in [0.15, 0.2) is 0 Å². The Bertz CT molecular complexity index is 935. The number of carbonyl (C=O) groups is 1. The van der Waals surface area contributed by atoms with Gasteiger partial charge in [-0.3, -0.25) is 14.9 Å². The van der Waals surface area contributed by atoms with Gasteiger partial charge in [-0.2, -0.15) is 0 Å². The van der Waals surface area contributed by atoms with Crippen LogP contribution in [0.15, 0.2) is 53.9 Å². The second-order valence-corrected chi connectivity index (χ2v) is 6.65. The average Bonchev–Trinajstić information content (AvgIpc) is 3.11. The quantitative estimate of drug-likeness (QED) is 0.527. The summed E-state index contributed by atoms with van der Waals surface area (Å²) in [5, 5.41) is 16.6. The molecule has 0 radical (unpaired) electrons. The first kappa shape index (κ1) is 17.8. The minimum atomic E-state index is -0.552. The maximum atomic E-state index is 12.2. The predicted molar refractivity (Wildman–Crippen MR) is 101 cm³/mol. The lowest BCUT2D eigenvalue weighted by Gasteiger charge is -2.04. The van der Waals surface area contributed by atoms with Crippen molar-refractivity contribution in [3.8, 4) is 10.6 Å². The fourth-order valence-corrected chi connectivity index (χ4v) is 3.34. The number of nitro benzene ring substituents is 1. The van der Waals surface area contributed by atoms with Gasteiger partial charge in [-0.15, -0.1) is 11.3 Å². The predicted octanol–water partition coefficient (Wildman–Crippen LogP) is 4.00. The van der Waals surface area contributed by atoms with Crippen molar-refractivity contribution in [1.82, 2.24) is 10.3 Å². The van der Waals surface area contributed by atoms with Crippen molar-refractivity contribution in [2.45, 2.75) is 13.3 Å². The number of aromatic nitrogens is 1. The van der Waals surface area contributed by atoms with Crippen LogP contribution in [0.2, 0.25) is 0 Å². The van der Waals surface area contributed by atoms with Crippen LogP contribution in [0.4, 0.5) is 5.69 Å². The number of carbonyl (C=O) groups excluding carboxylic acids is 1. The molecule has 1 aromatic heterocycles. The van der Waals surface area contributed by atoms with Crippen LogP contribution >= 0.6 is 11.3 Å². The zero-order valence-corrected chi connectivity index (χ0v) is 15.0. The number of thiazole rings is 1. The third kappa shape index (κ3) is 4.12. The molecule has 2 aromatic carbocycles. The lowest BCUT2D eigenvalue weighted by atomic mass is 10.1. The highest BCUT2D eigenvalue weighted by atomic mass is 32.1. The van der Waals surface area contributed by atoms with Gasteiger partial charge >= 0.3 is 0 Å². The highest BCUT2D eigenvalue weighted by molar-refractivity contribution is 7.13. The Hall–Kier alpha value is -3.06. The average molecular weight is 367 g/mol. The number of hydrogen-bond donors (Lipinski definition) is 1. The van der Waals surface area contributed by atoms with E-state index >= 15 is 0 Å². The van der Waals surface area contributed by atoms with Crippen LogP contribution in [0.5, 0.6) is 0 Å². The van der Waals surface area contributed by atoms with E-state index in [4.69, 9.17) is 0 Å². The van der Waals surface area contributed by atoms with E-state index in [1.807, 2.05) is 36.6 Å².